The van der Waals surface area contributed by atoms with Crippen molar-refractivity contribution in [3.63, 3.8) is 0 Å². The van der Waals surface area contributed by atoms with Crippen molar-refractivity contribution in [2.45, 2.75) is 26.7 Å². The maximum Gasteiger partial charge on any atom is 0.155 e. The Morgan fingerprint density at radius 3 is 2.47 bits per heavy atom. The lowest BCUT2D eigenvalue weighted by Gasteiger charge is -2.01. The smallest absolute Gasteiger partial charge is 0.155 e. The van der Waals surface area contributed by atoms with Crippen molar-refractivity contribution in [2.75, 3.05) is 0 Å². The van der Waals surface area contributed by atoms with Crippen molar-refractivity contribution in [3.8, 4) is 0 Å². The molecule has 0 aliphatic carbocycles. The van der Waals surface area contributed by atoms with E-state index >= 15 is 0 Å². The van der Waals surface area contributed by atoms with Crippen LogP contribution in [0, 0.1) is 6.92 Å². The van der Waals surface area contributed by atoms with Gasteiger partial charge in [0.05, 0.1) is 5.76 Å². The van der Waals surface area contributed by atoms with Gasteiger partial charge in [0.15, 0.2) is 5.78 Å². The van der Waals surface area contributed by atoms with Crippen LogP contribution in [0.2, 0.25) is 0 Å². The fourth-order valence-electron chi connectivity index (χ4n) is 1.33. The van der Waals surface area contributed by atoms with Gasteiger partial charge >= 0.3 is 0 Å². The summed E-state index contributed by atoms with van der Waals surface area (Å²) in [6.45, 7) is 3.47. The molecular formula is C13H16O2. The number of aliphatic hydroxyl groups excluding tert-OH is 1. The number of hydrogen-bond donors (Lipinski definition) is 1. The maximum atomic E-state index is 10.7. The summed E-state index contributed by atoms with van der Waals surface area (Å²) in [5.41, 5.74) is 2.39. The molecule has 2 heteroatoms. The van der Waals surface area contributed by atoms with Gasteiger partial charge in [-0.3, -0.25) is 4.79 Å². The summed E-state index contributed by atoms with van der Waals surface area (Å²) >= 11 is 0. The van der Waals surface area contributed by atoms with Gasteiger partial charge in [0.25, 0.3) is 0 Å². The zero-order valence-electron chi connectivity index (χ0n) is 9.16. The molecule has 0 saturated carbocycles. The van der Waals surface area contributed by atoms with Crippen LogP contribution in [0.15, 0.2) is 36.1 Å². The minimum absolute atomic E-state index is 0.114. The highest BCUT2D eigenvalue weighted by atomic mass is 16.3. The third kappa shape index (κ3) is 4.45. The molecule has 0 bridgehead atoms. The van der Waals surface area contributed by atoms with Crippen molar-refractivity contribution >= 4 is 5.78 Å². The first-order valence-electron chi connectivity index (χ1n) is 5.03. The molecule has 1 N–H and O–H groups in total. The summed E-state index contributed by atoms with van der Waals surface area (Å²) in [5, 5.41) is 9.38. The van der Waals surface area contributed by atoms with Gasteiger partial charge in [0, 0.05) is 12.5 Å². The SMILES string of the molecule is CC(=O)C=C(O)CCc1ccc(C)cc1. The topological polar surface area (TPSA) is 37.3 Å². The largest absolute Gasteiger partial charge is 0.512 e. The highest BCUT2D eigenvalue weighted by Crippen LogP contribution is 2.08. The summed E-state index contributed by atoms with van der Waals surface area (Å²) in [6, 6.07) is 8.16. The molecule has 0 amide bonds. The minimum atomic E-state index is -0.114. The van der Waals surface area contributed by atoms with E-state index < -0.39 is 0 Å². The Bertz CT molecular complexity index is 361. The minimum Gasteiger partial charge on any atom is -0.512 e. The van der Waals surface area contributed by atoms with Crippen molar-refractivity contribution in [2.24, 2.45) is 0 Å². The molecule has 0 saturated heterocycles. The number of allylic oxidation sites excluding steroid dienone is 2. The summed E-state index contributed by atoms with van der Waals surface area (Å²) in [7, 11) is 0. The molecule has 0 atom stereocenters. The zero-order chi connectivity index (χ0) is 11.3. The molecule has 0 radical (unpaired) electrons. The van der Waals surface area contributed by atoms with Crippen molar-refractivity contribution in [1.29, 1.82) is 0 Å². The van der Waals surface area contributed by atoms with Crippen molar-refractivity contribution in [1.82, 2.24) is 0 Å². The number of rotatable bonds is 4. The number of hydrogen-bond acceptors (Lipinski definition) is 2. The Hall–Kier alpha value is -1.57. The predicted octanol–water partition coefficient (Wildman–Crippen LogP) is 2.96. The first kappa shape index (κ1) is 11.5. The van der Waals surface area contributed by atoms with Crippen LogP contribution in [0.4, 0.5) is 0 Å². The van der Waals surface area contributed by atoms with Gasteiger partial charge in [0.2, 0.25) is 0 Å². The Morgan fingerprint density at radius 2 is 1.93 bits per heavy atom. The standard InChI is InChI=1S/C13H16O2/c1-10-3-5-12(6-4-10)7-8-13(15)9-11(2)14/h3-6,9,15H,7-8H2,1-2H3. The zero-order valence-corrected chi connectivity index (χ0v) is 9.16. The van der Waals surface area contributed by atoms with E-state index in [4.69, 9.17) is 0 Å². The predicted molar refractivity (Wildman–Crippen MR) is 60.9 cm³/mol. The molecule has 1 aromatic rings. The first-order chi connectivity index (χ1) is 7.08. The quantitative estimate of drug-likeness (QED) is 0.604. The van der Waals surface area contributed by atoms with Gasteiger partial charge in [-0.15, -0.1) is 0 Å². The molecule has 0 aliphatic rings. The number of benzene rings is 1. The van der Waals surface area contributed by atoms with Gasteiger partial charge in [0.1, 0.15) is 0 Å². The fraction of sp³-hybridized carbons (Fsp3) is 0.308. The van der Waals surface area contributed by atoms with Crippen molar-refractivity contribution in [3.05, 3.63) is 47.2 Å². The van der Waals surface area contributed by atoms with Crippen LogP contribution in [0.5, 0.6) is 0 Å². The average Bonchev–Trinajstić information content (AvgIpc) is 2.16. The molecule has 0 aliphatic heterocycles. The van der Waals surface area contributed by atoms with E-state index in [1.54, 1.807) is 0 Å². The molecule has 1 rings (SSSR count). The second kappa shape index (κ2) is 5.35. The van der Waals surface area contributed by atoms with Crippen LogP contribution in [0.1, 0.15) is 24.5 Å². The van der Waals surface area contributed by atoms with Gasteiger partial charge in [-0.05, 0) is 25.8 Å². The molecule has 1 aromatic carbocycles. The van der Waals surface area contributed by atoms with E-state index in [1.165, 1.54) is 24.1 Å². The Labute approximate surface area is 90.3 Å². The average molecular weight is 204 g/mol. The second-order valence-electron chi connectivity index (χ2n) is 3.73. The highest BCUT2D eigenvalue weighted by molar-refractivity contribution is 5.87. The molecule has 0 fully saturated rings. The van der Waals surface area contributed by atoms with Gasteiger partial charge in [-0.1, -0.05) is 29.8 Å². The van der Waals surface area contributed by atoms with Gasteiger partial charge in [-0.2, -0.15) is 0 Å². The molecule has 80 valence electrons. The van der Waals surface area contributed by atoms with Crippen molar-refractivity contribution < 1.29 is 9.90 Å². The molecule has 15 heavy (non-hydrogen) atoms. The normalized spacial score (nSPS) is 11.5. The molecular weight excluding hydrogens is 188 g/mol. The number of aryl methyl sites for hydroxylation is 2. The molecule has 0 spiro atoms. The van der Waals surface area contributed by atoms with Gasteiger partial charge < -0.3 is 5.11 Å². The van der Waals surface area contributed by atoms with Crippen LogP contribution >= 0.6 is 0 Å². The van der Waals surface area contributed by atoms with Crippen LogP contribution < -0.4 is 0 Å². The van der Waals surface area contributed by atoms with E-state index in [-0.39, 0.29) is 11.5 Å². The number of aliphatic hydroxyl groups is 1. The highest BCUT2D eigenvalue weighted by Gasteiger charge is 1.98. The second-order valence-corrected chi connectivity index (χ2v) is 3.73. The van der Waals surface area contributed by atoms with Gasteiger partial charge in [-0.25, -0.2) is 0 Å². The third-order valence-electron chi connectivity index (χ3n) is 2.16. The summed E-state index contributed by atoms with van der Waals surface area (Å²) in [5.74, 6) is 0.0412. The fourth-order valence-corrected chi connectivity index (χ4v) is 1.33. The van der Waals surface area contributed by atoms with Crippen LogP contribution in [-0.2, 0) is 11.2 Å². The maximum absolute atomic E-state index is 10.7. The summed E-state index contributed by atoms with van der Waals surface area (Å²) in [4.78, 5) is 10.7. The van der Waals surface area contributed by atoms with Crippen LogP contribution in [-0.4, -0.2) is 10.9 Å². The lowest BCUT2D eigenvalue weighted by Crippen LogP contribution is -1.92. The van der Waals surface area contributed by atoms with E-state index in [1.807, 2.05) is 31.2 Å². The Kier molecular flexibility index (Phi) is 4.10. The number of ketones is 1. The molecule has 0 heterocycles. The third-order valence-corrected chi connectivity index (χ3v) is 2.16. The molecule has 0 aromatic heterocycles. The molecule has 2 nitrogen and oxygen atoms in total. The first-order valence-corrected chi connectivity index (χ1v) is 5.03. The monoisotopic (exact) mass is 204 g/mol. The lowest BCUT2D eigenvalue weighted by atomic mass is 10.1. The van der Waals surface area contributed by atoms with E-state index in [0.29, 0.717) is 6.42 Å². The van der Waals surface area contributed by atoms with Crippen LogP contribution in [0.25, 0.3) is 0 Å². The number of carbonyl (C=O) groups excluding carboxylic acids is 1. The Morgan fingerprint density at radius 1 is 1.33 bits per heavy atom. The lowest BCUT2D eigenvalue weighted by molar-refractivity contribution is -0.112. The van der Waals surface area contributed by atoms with E-state index in [9.17, 15) is 9.90 Å². The van der Waals surface area contributed by atoms with E-state index in [0.717, 1.165) is 6.42 Å². The summed E-state index contributed by atoms with van der Waals surface area (Å²) in [6.07, 6.45) is 2.55. The van der Waals surface area contributed by atoms with E-state index in [2.05, 4.69) is 0 Å². The Balaban J connectivity index is 2.50. The van der Waals surface area contributed by atoms with Crippen LogP contribution in [0.3, 0.4) is 0 Å². The number of carbonyl (C=O) groups is 1. The summed E-state index contributed by atoms with van der Waals surface area (Å²) < 4.78 is 0. The molecule has 0 unspecified atom stereocenters.